The van der Waals surface area contributed by atoms with E-state index in [1.165, 1.54) is 0 Å². The summed E-state index contributed by atoms with van der Waals surface area (Å²) in [4.78, 5) is 0. The number of nitrogens with one attached hydrogen (secondary N) is 1. The molecule has 1 unspecified atom stereocenters. The van der Waals surface area contributed by atoms with Crippen LogP contribution in [-0.4, -0.2) is 55.8 Å². The lowest BCUT2D eigenvalue weighted by Crippen LogP contribution is -2.56. The summed E-state index contributed by atoms with van der Waals surface area (Å²) in [7, 11) is -3.22. The first kappa shape index (κ1) is 16.2. The average Bonchev–Trinajstić information content (AvgIpc) is 2.29. The first-order valence-electron chi connectivity index (χ1n) is 6.49. The predicted octanol–water partition coefficient (Wildman–Crippen LogP) is 0.679. The Hall–Kier alpha value is 0.120. The monoisotopic (exact) mass is 297 g/mol. The minimum atomic E-state index is -3.22. The molecule has 2 atom stereocenters. The molecule has 5 nitrogen and oxygen atoms in total. The lowest BCUT2D eigenvalue weighted by atomic mass is 10.0. The highest BCUT2D eigenvalue weighted by atomic mass is 35.5. The van der Waals surface area contributed by atoms with E-state index < -0.39 is 10.2 Å². The van der Waals surface area contributed by atoms with Crippen molar-refractivity contribution in [1.29, 1.82) is 0 Å². The van der Waals surface area contributed by atoms with Crippen molar-refractivity contribution in [3.63, 3.8) is 0 Å². The largest absolute Gasteiger partial charge is 0.312 e. The molecule has 2 aliphatic rings. The normalized spacial score (nSPS) is 31.9. The van der Waals surface area contributed by atoms with Crippen LogP contribution in [0.4, 0.5) is 0 Å². The molecule has 2 aliphatic heterocycles. The molecular weight excluding hydrogens is 274 g/mol. The van der Waals surface area contributed by atoms with Crippen molar-refractivity contribution in [3.8, 4) is 0 Å². The van der Waals surface area contributed by atoms with Gasteiger partial charge in [-0.15, -0.1) is 12.4 Å². The molecule has 18 heavy (non-hydrogen) atoms. The Morgan fingerprint density at radius 2 is 1.78 bits per heavy atom. The number of piperazine rings is 1. The molecule has 0 bridgehead atoms. The fraction of sp³-hybridized carbons (Fsp3) is 1.00. The van der Waals surface area contributed by atoms with Crippen LogP contribution in [-0.2, 0) is 10.2 Å². The van der Waals surface area contributed by atoms with Crippen molar-refractivity contribution < 1.29 is 8.42 Å². The van der Waals surface area contributed by atoms with Gasteiger partial charge in [-0.25, -0.2) is 0 Å². The molecule has 2 fully saturated rings. The van der Waals surface area contributed by atoms with Crippen LogP contribution >= 0.6 is 12.4 Å². The first-order chi connectivity index (χ1) is 8.00. The third-order valence-corrected chi connectivity index (χ3v) is 5.57. The van der Waals surface area contributed by atoms with Crippen molar-refractivity contribution in [2.24, 2.45) is 5.92 Å². The highest BCUT2D eigenvalue weighted by molar-refractivity contribution is 7.86. The molecule has 0 saturated carbocycles. The molecule has 0 radical (unpaired) electrons. The van der Waals surface area contributed by atoms with Crippen LogP contribution in [0, 0.1) is 5.92 Å². The smallest absolute Gasteiger partial charge is 0.282 e. The highest BCUT2D eigenvalue weighted by Gasteiger charge is 2.34. The lowest BCUT2D eigenvalue weighted by molar-refractivity contribution is 0.240. The van der Waals surface area contributed by atoms with Crippen LogP contribution in [0.15, 0.2) is 0 Å². The number of halogens is 1. The van der Waals surface area contributed by atoms with E-state index in [9.17, 15) is 8.42 Å². The van der Waals surface area contributed by atoms with Gasteiger partial charge in [-0.1, -0.05) is 6.92 Å². The fourth-order valence-electron chi connectivity index (χ4n) is 2.63. The Morgan fingerprint density at radius 3 is 2.39 bits per heavy atom. The number of piperidine rings is 1. The van der Waals surface area contributed by atoms with Crippen molar-refractivity contribution in [1.82, 2.24) is 13.9 Å². The summed E-state index contributed by atoms with van der Waals surface area (Å²) in [6, 6.07) is 0.251. The van der Waals surface area contributed by atoms with Crippen molar-refractivity contribution in [3.05, 3.63) is 0 Å². The summed E-state index contributed by atoms with van der Waals surface area (Å²) in [5, 5.41) is 3.27. The van der Waals surface area contributed by atoms with Gasteiger partial charge in [0.25, 0.3) is 10.2 Å². The van der Waals surface area contributed by atoms with E-state index in [1.54, 1.807) is 8.61 Å². The van der Waals surface area contributed by atoms with E-state index >= 15 is 0 Å². The molecule has 2 rings (SSSR count). The first-order valence-corrected chi connectivity index (χ1v) is 7.88. The van der Waals surface area contributed by atoms with Crippen LogP contribution in [0.3, 0.4) is 0 Å². The molecule has 0 aromatic rings. The number of hydrogen-bond acceptors (Lipinski definition) is 3. The average molecular weight is 298 g/mol. The molecule has 0 aliphatic carbocycles. The molecule has 2 heterocycles. The third-order valence-electron chi connectivity index (χ3n) is 3.60. The Kier molecular flexibility index (Phi) is 5.86. The van der Waals surface area contributed by atoms with Gasteiger partial charge in [0.15, 0.2) is 0 Å². The van der Waals surface area contributed by atoms with Crippen molar-refractivity contribution in [2.75, 3.05) is 32.7 Å². The van der Waals surface area contributed by atoms with Crippen LogP contribution in [0.2, 0.25) is 0 Å². The summed E-state index contributed by atoms with van der Waals surface area (Å²) >= 11 is 0. The molecule has 7 heteroatoms. The van der Waals surface area contributed by atoms with Crippen LogP contribution < -0.4 is 5.32 Å². The lowest BCUT2D eigenvalue weighted by Gasteiger charge is -2.37. The van der Waals surface area contributed by atoms with Gasteiger partial charge >= 0.3 is 0 Å². The maximum absolute atomic E-state index is 12.5. The number of hydrogen-bond donors (Lipinski definition) is 1. The minimum absolute atomic E-state index is 0. The third kappa shape index (κ3) is 3.57. The van der Waals surface area contributed by atoms with Gasteiger partial charge in [-0.05, 0) is 25.7 Å². The van der Waals surface area contributed by atoms with Crippen molar-refractivity contribution >= 4 is 22.6 Å². The van der Waals surface area contributed by atoms with Gasteiger partial charge in [0.05, 0.1) is 0 Å². The molecule has 108 valence electrons. The standard InChI is InChI=1S/C11H23N3O2S.ClH/c1-10-4-3-6-13(8-10)17(15,16)14-7-5-12-11(2)9-14;/h10-12H,3-9H2,1-2H3;1H/t10?,11-;/m0./s1. The number of rotatable bonds is 2. The Balaban J connectivity index is 0.00000162. The van der Waals surface area contributed by atoms with E-state index in [-0.39, 0.29) is 18.4 Å². The maximum atomic E-state index is 12.5. The molecule has 1 N–H and O–H groups in total. The summed E-state index contributed by atoms with van der Waals surface area (Å²) in [6.07, 6.45) is 2.13. The van der Waals surface area contributed by atoms with Crippen molar-refractivity contribution in [2.45, 2.75) is 32.7 Å². The van der Waals surface area contributed by atoms with Crippen LogP contribution in [0.1, 0.15) is 26.7 Å². The summed E-state index contributed by atoms with van der Waals surface area (Å²) < 4.78 is 28.2. The molecule has 0 aromatic heterocycles. The summed E-state index contributed by atoms with van der Waals surface area (Å²) in [5.41, 5.74) is 0. The van der Waals surface area contributed by atoms with Crippen LogP contribution in [0.5, 0.6) is 0 Å². The topological polar surface area (TPSA) is 52.7 Å². The van der Waals surface area contributed by atoms with E-state index in [2.05, 4.69) is 12.2 Å². The maximum Gasteiger partial charge on any atom is 0.282 e. The second-order valence-electron chi connectivity index (χ2n) is 5.33. The zero-order chi connectivity index (χ0) is 12.5. The summed E-state index contributed by atoms with van der Waals surface area (Å²) in [5.74, 6) is 0.485. The second-order valence-corrected chi connectivity index (χ2v) is 7.25. The Morgan fingerprint density at radius 1 is 1.11 bits per heavy atom. The van der Waals surface area contributed by atoms with Gasteiger partial charge in [0, 0.05) is 38.8 Å². The van der Waals surface area contributed by atoms with Gasteiger partial charge in [0.1, 0.15) is 0 Å². The van der Waals surface area contributed by atoms with Gasteiger partial charge < -0.3 is 5.32 Å². The summed E-state index contributed by atoms with van der Waals surface area (Å²) in [6.45, 7) is 7.46. The number of nitrogens with zero attached hydrogens (tertiary/aromatic N) is 2. The Bertz CT molecular complexity index is 335. The van der Waals surface area contributed by atoms with Gasteiger partial charge in [-0.2, -0.15) is 17.0 Å². The predicted molar refractivity (Wildman–Crippen MR) is 75.2 cm³/mol. The zero-order valence-corrected chi connectivity index (χ0v) is 12.8. The van der Waals surface area contributed by atoms with Gasteiger partial charge in [-0.3, -0.25) is 0 Å². The van der Waals surface area contributed by atoms with E-state index in [0.717, 1.165) is 19.4 Å². The molecule has 0 aromatic carbocycles. The molecule has 0 spiro atoms. The zero-order valence-electron chi connectivity index (χ0n) is 11.1. The SMILES string of the molecule is CC1CCCN(S(=O)(=O)N2CCN[C@@H](C)C2)C1.Cl. The van der Waals surface area contributed by atoms with Crippen LogP contribution in [0.25, 0.3) is 0 Å². The molecular formula is C11H24ClN3O2S. The quantitative estimate of drug-likeness (QED) is 0.815. The highest BCUT2D eigenvalue weighted by Crippen LogP contribution is 2.21. The van der Waals surface area contributed by atoms with E-state index in [0.29, 0.717) is 32.1 Å². The second kappa shape index (κ2) is 6.52. The van der Waals surface area contributed by atoms with Gasteiger partial charge in [0.2, 0.25) is 0 Å². The van der Waals surface area contributed by atoms with E-state index in [4.69, 9.17) is 0 Å². The van der Waals surface area contributed by atoms with E-state index in [1.807, 2.05) is 6.92 Å². The Labute approximate surface area is 116 Å². The molecule has 2 saturated heterocycles. The molecule has 0 amide bonds. The minimum Gasteiger partial charge on any atom is -0.312 e. The fourth-order valence-corrected chi connectivity index (χ4v) is 4.49.